The number of anilines is 1. The van der Waals surface area contributed by atoms with Crippen LogP contribution in [0.15, 0.2) is 22.4 Å². The van der Waals surface area contributed by atoms with E-state index >= 15 is 0 Å². The van der Waals surface area contributed by atoms with E-state index in [-0.39, 0.29) is 29.3 Å². The summed E-state index contributed by atoms with van der Waals surface area (Å²) in [6.07, 6.45) is 7.15. The molecule has 156 valence electrons. The maximum atomic E-state index is 12.7. The quantitative estimate of drug-likeness (QED) is 0.643. The molecule has 29 heavy (non-hydrogen) atoms. The van der Waals surface area contributed by atoms with Crippen molar-refractivity contribution in [2.24, 2.45) is 5.41 Å². The number of thiazole rings is 1. The normalized spacial score (nSPS) is 15.7. The summed E-state index contributed by atoms with van der Waals surface area (Å²) in [6.45, 7) is 3.90. The summed E-state index contributed by atoms with van der Waals surface area (Å²) < 4.78 is 0. The van der Waals surface area contributed by atoms with E-state index in [1.807, 2.05) is 25.3 Å². The molecule has 0 aromatic carbocycles. The van der Waals surface area contributed by atoms with Crippen molar-refractivity contribution in [2.45, 2.75) is 65.3 Å². The molecular formula is C21H28N4O3S. The Morgan fingerprint density at radius 3 is 2.55 bits per heavy atom. The first-order valence-electron chi connectivity index (χ1n) is 10.0. The Morgan fingerprint density at radius 2 is 1.90 bits per heavy atom. The van der Waals surface area contributed by atoms with Gasteiger partial charge in [-0.1, -0.05) is 19.3 Å². The minimum absolute atomic E-state index is 0.0968. The van der Waals surface area contributed by atoms with Crippen molar-refractivity contribution in [3.63, 3.8) is 0 Å². The third-order valence-corrected chi connectivity index (χ3v) is 6.31. The van der Waals surface area contributed by atoms with Crippen LogP contribution in [0.25, 0.3) is 0 Å². The summed E-state index contributed by atoms with van der Waals surface area (Å²) >= 11 is 1.38. The predicted molar refractivity (Wildman–Crippen MR) is 114 cm³/mol. The molecule has 0 aliphatic heterocycles. The molecule has 3 N–H and O–H groups in total. The number of nitrogens with zero attached hydrogens (tertiary/aromatic N) is 1. The van der Waals surface area contributed by atoms with Gasteiger partial charge in [0.2, 0.25) is 11.8 Å². The topological polar surface area (TPSA) is 104 Å². The Morgan fingerprint density at radius 1 is 1.17 bits per heavy atom. The molecule has 0 bridgehead atoms. The number of carbonyl (C=O) groups excluding carboxylic acids is 2. The van der Waals surface area contributed by atoms with E-state index in [2.05, 4.69) is 20.6 Å². The second-order valence-corrected chi connectivity index (χ2v) is 8.91. The molecule has 1 fully saturated rings. The van der Waals surface area contributed by atoms with Crippen LogP contribution < -0.4 is 16.2 Å². The van der Waals surface area contributed by atoms with Gasteiger partial charge in [-0.15, -0.1) is 11.3 Å². The predicted octanol–water partition coefficient (Wildman–Crippen LogP) is 3.43. The molecule has 0 atom stereocenters. The second-order valence-electron chi connectivity index (χ2n) is 8.02. The van der Waals surface area contributed by atoms with Crippen LogP contribution in [0, 0.1) is 19.3 Å². The van der Waals surface area contributed by atoms with Crippen LogP contribution in [-0.4, -0.2) is 21.8 Å². The average molecular weight is 417 g/mol. The Bertz CT molecular complexity index is 915. The van der Waals surface area contributed by atoms with Gasteiger partial charge in [0.1, 0.15) is 0 Å². The molecule has 0 radical (unpaired) electrons. The molecular weight excluding hydrogens is 388 g/mol. The number of rotatable bonds is 7. The van der Waals surface area contributed by atoms with E-state index in [4.69, 9.17) is 0 Å². The van der Waals surface area contributed by atoms with Crippen LogP contribution >= 0.6 is 11.3 Å². The number of hydrogen-bond acceptors (Lipinski definition) is 5. The molecule has 1 aliphatic carbocycles. The summed E-state index contributed by atoms with van der Waals surface area (Å²) in [5, 5.41) is 8.12. The number of nitrogens with one attached hydrogen (secondary N) is 3. The molecule has 2 amide bonds. The standard InChI is InChI=1S/C21H28N4O3S/c1-14-10-15(2)24-19(28)16(14)13-23-17(26)11-21(6-4-3-5-7-21)12-18(27)25-20-22-8-9-29-20/h8-10H,3-7,11-13H2,1-2H3,(H,23,26)(H,24,28)(H,22,25,27). The molecule has 7 nitrogen and oxygen atoms in total. The van der Waals surface area contributed by atoms with Gasteiger partial charge in [0.05, 0.1) is 0 Å². The fourth-order valence-electron chi connectivity index (χ4n) is 4.20. The number of H-pyrrole nitrogens is 1. The number of aromatic amines is 1. The molecule has 1 saturated carbocycles. The first kappa shape index (κ1) is 21.2. The van der Waals surface area contributed by atoms with Crippen molar-refractivity contribution in [1.82, 2.24) is 15.3 Å². The van der Waals surface area contributed by atoms with Crippen molar-refractivity contribution >= 4 is 28.3 Å². The zero-order valence-corrected chi connectivity index (χ0v) is 17.8. The molecule has 2 aromatic heterocycles. The highest BCUT2D eigenvalue weighted by atomic mass is 32.1. The summed E-state index contributed by atoms with van der Waals surface area (Å²) in [6, 6.07) is 1.90. The Kier molecular flexibility index (Phi) is 6.84. The van der Waals surface area contributed by atoms with Gasteiger partial charge in [0, 0.05) is 42.2 Å². The van der Waals surface area contributed by atoms with Crippen molar-refractivity contribution in [3.05, 3.63) is 44.8 Å². The van der Waals surface area contributed by atoms with Crippen LogP contribution in [0.3, 0.4) is 0 Å². The van der Waals surface area contributed by atoms with Crippen molar-refractivity contribution < 1.29 is 9.59 Å². The number of pyridine rings is 1. The number of hydrogen-bond donors (Lipinski definition) is 3. The van der Waals surface area contributed by atoms with Gasteiger partial charge in [-0.2, -0.15) is 0 Å². The van der Waals surface area contributed by atoms with Gasteiger partial charge in [-0.05, 0) is 43.7 Å². The van der Waals surface area contributed by atoms with Crippen molar-refractivity contribution in [2.75, 3.05) is 5.32 Å². The first-order chi connectivity index (χ1) is 13.9. The summed E-state index contributed by atoms with van der Waals surface area (Å²) in [5.41, 5.74) is 1.73. The van der Waals surface area contributed by atoms with E-state index < -0.39 is 0 Å². The molecule has 1 aliphatic rings. The van der Waals surface area contributed by atoms with E-state index in [1.54, 1.807) is 6.20 Å². The molecule has 0 spiro atoms. The molecule has 2 aromatic rings. The first-order valence-corrected chi connectivity index (χ1v) is 10.9. The minimum atomic E-state index is -0.335. The molecule has 0 unspecified atom stereocenters. The highest BCUT2D eigenvalue weighted by Crippen LogP contribution is 2.42. The van der Waals surface area contributed by atoms with Crippen LogP contribution in [0.4, 0.5) is 5.13 Å². The SMILES string of the molecule is Cc1cc(C)c(CNC(=O)CC2(CC(=O)Nc3nccs3)CCCCC2)c(=O)[nH]1. The van der Waals surface area contributed by atoms with Crippen molar-refractivity contribution in [1.29, 1.82) is 0 Å². The lowest BCUT2D eigenvalue weighted by Gasteiger charge is -2.36. The maximum absolute atomic E-state index is 12.7. The smallest absolute Gasteiger partial charge is 0.253 e. The van der Waals surface area contributed by atoms with Gasteiger partial charge in [0.25, 0.3) is 5.56 Å². The van der Waals surface area contributed by atoms with Crippen LogP contribution in [0.5, 0.6) is 0 Å². The van der Waals surface area contributed by atoms with Crippen LogP contribution in [0.1, 0.15) is 61.8 Å². The summed E-state index contributed by atoms with van der Waals surface area (Å²) in [5.74, 6) is -0.214. The van der Waals surface area contributed by atoms with Gasteiger partial charge in [-0.25, -0.2) is 4.98 Å². The van der Waals surface area contributed by atoms with Gasteiger partial charge < -0.3 is 15.6 Å². The number of amides is 2. The van der Waals surface area contributed by atoms with E-state index in [0.29, 0.717) is 23.5 Å². The molecule has 3 rings (SSSR count). The lowest BCUT2D eigenvalue weighted by atomic mass is 9.69. The Hall–Kier alpha value is -2.48. The summed E-state index contributed by atoms with van der Waals surface area (Å²) in [4.78, 5) is 44.3. The Labute approximate surface area is 174 Å². The molecule has 0 saturated heterocycles. The zero-order valence-electron chi connectivity index (χ0n) is 17.0. The average Bonchev–Trinajstić information content (AvgIpc) is 3.14. The third-order valence-electron chi connectivity index (χ3n) is 5.62. The fourth-order valence-corrected chi connectivity index (χ4v) is 4.74. The maximum Gasteiger partial charge on any atom is 0.253 e. The largest absolute Gasteiger partial charge is 0.352 e. The van der Waals surface area contributed by atoms with Gasteiger partial charge in [-0.3, -0.25) is 14.4 Å². The van der Waals surface area contributed by atoms with Gasteiger partial charge in [0.15, 0.2) is 5.13 Å². The van der Waals surface area contributed by atoms with E-state index in [1.165, 1.54) is 11.3 Å². The highest BCUT2D eigenvalue weighted by molar-refractivity contribution is 7.13. The van der Waals surface area contributed by atoms with Crippen LogP contribution in [-0.2, 0) is 16.1 Å². The van der Waals surface area contributed by atoms with Gasteiger partial charge >= 0.3 is 0 Å². The summed E-state index contributed by atoms with van der Waals surface area (Å²) in [7, 11) is 0. The van der Waals surface area contributed by atoms with E-state index in [0.717, 1.165) is 43.4 Å². The fraction of sp³-hybridized carbons (Fsp3) is 0.524. The van der Waals surface area contributed by atoms with Crippen molar-refractivity contribution in [3.8, 4) is 0 Å². The number of carbonyl (C=O) groups is 2. The van der Waals surface area contributed by atoms with E-state index in [9.17, 15) is 14.4 Å². The lowest BCUT2D eigenvalue weighted by Crippen LogP contribution is -2.37. The zero-order chi connectivity index (χ0) is 20.9. The second kappa shape index (κ2) is 9.35. The number of aromatic nitrogens is 2. The third kappa shape index (κ3) is 5.76. The monoisotopic (exact) mass is 416 g/mol. The van der Waals surface area contributed by atoms with Crippen LogP contribution in [0.2, 0.25) is 0 Å². The molecule has 8 heteroatoms. The highest BCUT2D eigenvalue weighted by Gasteiger charge is 2.36. The molecule has 2 heterocycles. The lowest BCUT2D eigenvalue weighted by molar-refractivity contribution is -0.126. The minimum Gasteiger partial charge on any atom is -0.352 e. The Balaban J connectivity index is 1.62. The number of aryl methyl sites for hydroxylation is 2.